The van der Waals surface area contributed by atoms with E-state index in [-0.39, 0.29) is 21.3 Å². The summed E-state index contributed by atoms with van der Waals surface area (Å²) in [5, 5.41) is 4.44. The van der Waals surface area contributed by atoms with Gasteiger partial charge in [-0.05, 0) is 95.1 Å². The van der Waals surface area contributed by atoms with Gasteiger partial charge in [-0.2, -0.15) is 21.9 Å². The molecule has 0 aliphatic heterocycles. The molecule has 1 heterocycles. The summed E-state index contributed by atoms with van der Waals surface area (Å²) in [7, 11) is -7.79. The average molecular weight is 634 g/mol. The number of para-hydroxylation sites is 2. The van der Waals surface area contributed by atoms with E-state index < -0.39 is 20.2 Å². The number of anilines is 1. The average Bonchev–Trinajstić information content (AvgIpc) is 3.30. The zero-order valence-corrected chi connectivity index (χ0v) is 27.0. The number of aryl methyl sites for hydroxylation is 6. The van der Waals surface area contributed by atoms with Crippen molar-refractivity contribution in [1.82, 2.24) is 9.78 Å². The molecule has 0 aliphatic rings. The van der Waals surface area contributed by atoms with Gasteiger partial charge in [0.25, 0.3) is 0 Å². The largest absolute Gasteiger partial charge is 0.396 e. The van der Waals surface area contributed by atoms with Gasteiger partial charge in [0, 0.05) is 5.69 Å². The fraction of sp³-hybridized carbons (Fsp3) is 0.182. The maximum absolute atomic E-state index is 12.7. The normalized spacial score (nSPS) is 11.4. The molecule has 0 fully saturated rings. The van der Waals surface area contributed by atoms with Crippen LogP contribution in [0.2, 0.25) is 0 Å². The first-order valence-electron chi connectivity index (χ1n) is 13.7. The van der Waals surface area contributed by atoms with Gasteiger partial charge >= 0.3 is 20.2 Å². The van der Waals surface area contributed by atoms with Gasteiger partial charge in [-0.25, -0.2) is 4.68 Å². The zero-order chi connectivity index (χ0) is 32.2. The Balaban J connectivity index is 0.000000209. The molecule has 0 radical (unpaired) electrons. The smallest absolute Gasteiger partial charge is 0.339 e. The summed E-state index contributed by atoms with van der Waals surface area (Å²) in [6.45, 7) is 11.2. The summed E-state index contributed by atoms with van der Waals surface area (Å²) in [6, 6.07) is 25.5. The Labute approximate surface area is 259 Å². The minimum Gasteiger partial charge on any atom is -0.396 e. The van der Waals surface area contributed by atoms with Crippen molar-refractivity contribution < 1.29 is 25.2 Å². The minimum absolute atomic E-state index is 0.112. The molecule has 0 saturated heterocycles. The Morgan fingerprint density at radius 3 is 1.52 bits per heavy atom. The maximum atomic E-state index is 12.7. The first kappa shape index (κ1) is 32.3. The van der Waals surface area contributed by atoms with E-state index in [0.717, 1.165) is 28.1 Å². The van der Waals surface area contributed by atoms with Crippen molar-refractivity contribution in [3.8, 4) is 17.2 Å². The number of nitrogens with two attached hydrogens (primary N) is 1. The quantitative estimate of drug-likeness (QED) is 0.158. The predicted molar refractivity (Wildman–Crippen MR) is 171 cm³/mol. The maximum Gasteiger partial charge on any atom is 0.339 e. The SMILES string of the molecule is Cc1ccc(S(=O)(=O)Oc2c(C)cccc2-n2nc(C)cc2C)cc1.Cc1ccc(S(=O)(=O)Oc2c(C)cccc2N)cc1. The molecule has 230 valence electrons. The highest BCUT2D eigenvalue weighted by Crippen LogP contribution is 2.31. The van der Waals surface area contributed by atoms with Crippen LogP contribution in [0.5, 0.6) is 11.5 Å². The van der Waals surface area contributed by atoms with Gasteiger partial charge in [0.1, 0.15) is 15.5 Å². The molecule has 1 aromatic heterocycles. The molecule has 2 N–H and O–H groups in total. The molecule has 0 aliphatic carbocycles. The second-order valence-electron chi connectivity index (χ2n) is 10.5. The highest BCUT2D eigenvalue weighted by molar-refractivity contribution is 7.87. The first-order valence-corrected chi connectivity index (χ1v) is 16.5. The van der Waals surface area contributed by atoms with Crippen LogP contribution >= 0.6 is 0 Å². The lowest BCUT2D eigenvalue weighted by Gasteiger charge is -2.15. The van der Waals surface area contributed by atoms with E-state index >= 15 is 0 Å². The monoisotopic (exact) mass is 633 g/mol. The minimum atomic E-state index is -3.93. The van der Waals surface area contributed by atoms with E-state index in [0.29, 0.717) is 16.9 Å². The number of rotatable bonds is 7. The third-order valence-corrected chi connectivity index (χ3v) is 9.15. The molecular weight excluding hydrogens is 599 g/mol. The van der Waals surface area contributed by atoms with E-state index in [1.807, 2.05) is 52.8 Å². The molecule has 9 nitrogen and oxygen atoms in total. The van der Waals surface area contributed by atoms with Gasteiger partial charge in [0.2, 0.25) is 0 Å². The Morgan fingerprint density at radius 2 is 1.07 bits per heavy atom. The predicted octanol–water partition coefficient (Wildman–Crippen LogP) is 6.53. The van der Waals surface area contributed by atoms with Crippen LogP contribution < -0.4 is 14.1 Å². The topological polar surface area (TPSA) is 131 Å². The fourth-order valence-corrected chi connectivity index (χ4v) is 6.31. The van der Waals surface area contributed by atoms with Crippen molar-refractivity contribution in [3.05, 3.63) is 125 Å². The lowest BCUT2D eigenvalue weighted by atomic mass is 10.2. The van der Waals surface area contributed by atoms with E-state index in [1.165, 1.54) is 12.1 Å². The van der Waals surface area contributed by atoms with Gasteiger partial charge in [-0.1, -0.05) is 59.7 Å². The zero-order valence-electron chi connectivity index (χ0n) is 25.4. The molecule has 0 saturated carbocycles. The second kappa shape index (κ2) is 12.9. The molecule has 11 heteroatoms. The van der Waals surface area contributed by atoms with E-state index in [2.05, 4.69) is 5.10 Å². The Bertz CT molecular complexity index is 1980. The number of hydrogen-bond acceptors (Lipinski definition) is 8. The van der Waals surface area contributed by atoms with Crippen LogP contribution in [0.3, 0.4) is 0 Å². The third-order valence-electron chi connectivity index (χ3n) is 6.68. The van der Waals surface area contributed by atoms with E-state index in [9.17, 15) is 16.8 Å². The molecule has 5 aromatic rings. The molecule has 0 bridgehead atoms. The summed E-state index contributed by atoms with van der Waals surface area (Å²) < 4.78 is 62.0. The first-order chi connectivity index (χ1) is 20.7. The summed E-state index contributed by atoms with van der Waals surface area (Å²) in [4.78, 5) is 0.237. The van der Waals surface area contributed by atoms with Crippen molar-refractivity contribution in [3.63, 3.8) is 0 Å². The molecular formula is C33H35N3O6S2. The van der Waals surface area contributed by atoms with Crippen LogP contribution in [0.1, 0.15) is 33.6 Å². The summed E-state index contributed by atoms with van der Waals surface area (Å²) in [5.41, 5.74) is 11.8. The van der Waals surface area contributed by atoms with Gasteiger partial charge in [-0.15, -0.1) is 0 Å². The van der Waals surface area contributed by atoms with Crippen molar-refractivity contribution in [2.45, 2.75) is 51.3 Å². The van der Waals surface area contributed by atoms with Crippen molar-refractivity contribution in [2.24, 2.45) is 0 Å². The van der Waals surface area contributed by atoms with Crippen molar-refractivity contribution >= 4 is 25.9 Å². The molecule has 0 atom stereocenters. The standard InChI is InChI=1S/C19H20N2O3S.C14H15NO3S/c1-13-8-10-17(11-9-13)25(22,23)24-19-14(2)6-5-7-18(19)21-16(4)12-15(3)20-21;1-10-6-8-12(9-7-10)19(16,17)18-14-11(2)4-3-5-13(14)15/h5-12H,1-4H3;3-9H,15H2,1-2H3. The lowest BCUT2D eigenvalue weighted by Crippen LogP contribution is -2.13. The molecule has 4 aromatic carbocycles. The molecule has 44 heavy (non-hydrogen) atoms. The molecule has 0 spiro atoms. The highest BCUT2D eigenvalue weighted by Gasteiger charge is 2.22. The summed E-state index contributed by atoms with van der Waals surface area (Å²) in [5.74, 6) is 0.470. The van der Waals surface area contributed by atoms with Crippen LogP contribution in [-0.4, -0.2) is 26.6 Å². The number of benzene rings is 4. The van der Waals surface area contributed by atoms with Crippen molar-refractivity contribution in [1.29, 1.82) is 0 Å². The molecule has 0 amide bonds. The van der Waals surface area contributed by atoms with Gasteiger partial charge < -0.3 is 14.1 Å². The van der Waals surface area contributed by atoms with Gasteiger partial charge in [-0.3, -0.25) is 0 Å². The molecule has 0 unspecified atom stereocenters. The van der Waals surface area contributed by atoms with Crippen LogP contribution in [0.4, 0.5) is 5.69 Å². The van der Waals surface area contributed by atoms with E-state index in [4.69, 9.17) is 14.1 Å². The van der Waals surface area contributed by atoms with Crippen LogP contribution in [0, 0.1) is 41.5 Å². The fourth-order valence-electron chi connectivity index (χ4n) is 4.30. The Kier molecular flexibility index (Phi) is 9.50. The summed E-state index contributed by atoms with van der Waals surface area (Å²) >= 11 is 0. The number of nitrogens with zero attached hydrogens (tertiary/aromatic N) is 2. The second-order valence-corrected chi connectivity index (χ2v) is 13.5. The number of hydrogen-bond donors (Lipinski definition) is 1. The Hall–Kier alpha value is -4.61. The number of nitrogen functional groups attached to an aromatic ring is 1. The van der Waals surface area contributed by atoms with E-state index in [1.54, 1.807) is 72.3 Å². The Morgan fingerprint density at radius 1 is 0.614 bits per heavy atom. The van der Waals surface area contributed by atoms with Crippen molar-refractivity contribution in [2.75, 3.05) is 5.73 Å². The van der Waals surface area contributed by atoms with Crippen LogP contribution in [0.15, 0.2) is 101 Å². The van der Waals surface area contributed by atoms with Gasteiger partial charge in [0.15, 0.2) is 11.5 Å². The lowest BCUT2D eigenvalue weighted by molar-refractivity contribution is 0.481. The van der Waals surface area contributed by atoms with Crippen LogP contribution in [-0.2, 0) is 20.2 Å². The third kappa shape index (κ3) is 7.47. The van der Waals surface area contributed by atoms with Gasteiger partial charge in [0.05, 0.1) is 11.4 Å². The number of aromatic nitrogens is 2. The summed E-state index contributed by atoms with van der Waals surface area (Å²) in [6.07, 6.45) is 0. The highest BCUT2D eigenvalue weighted by atomic mass is 32.2. The molecule has 5 rings (SSSR count). The van der Waals surface area contributed by atoms with Crippen LogP contribution in [0.25, 0.3) is 5.69 Å².